The van der Waals surface area contributed by atoms with Crippen LogP contribution in [0.4, 0.5) is 10.5 Å². The van der Waals surface area contributed by atoms with Crippen LogP contribution in [0.1, 0.15) is 5.56 Å². The van der Waals surface area contributed by atoms with Gasteiger partial charge in [0.1, 0.15) is 12.4 Å². The molecule has 0 bridgehead atoms. The van der Waals surface area contributed by atoms with Gasteiger partial charge in [-0.1, -0.05) is 48.5 Å². The number of benzene rings is 3. The Labute approximate surface area is 156 Å². The topological polar surface area (TPSA) is 61.5 Å². The summed E-state index contributed by atoms with van der Waals surface area (Å²) in [5.74, 6) is 0.718. The van der Waals surface area contributed by atoms with Gasteiger partial charge in [-0.15, -0.1) is 0 Å². The summed E-state index contributed by atoms with van der Waals surface area (Å²) in [5.41, 5.74) is 9.58. The summed E-state index contributed by atoms with van der Waals surface area (Å²) in [6.45, 7) is 0.475. The SMILES string of the molecule is COC(=O)Sc1ccccc1-c1cc(OCc2ccccc2)ccc1N. The molecule has 0 radical (unpaired) electrons. The van der Waals surface area contributed by atoms with E-state index in [-0.39, 0.29) is 5.30 Å². The summed E-state index contributed by atoms with van der Waals surface area (Å²) in [4.78, 5) is 12.4. The van der Waals surface area contributed by atoms with E-state index < -0.39 is 0 Å². The molecule has 0 aliphatic carbocycles. The zero-order valence-electron chi connectivity index (χ0n) is 14.3. The van der Waals surface area contributed by atoms with Gasteiger partial charge in [0.2, 0.25) is 0 Å². The van der Waals surface area contributed by atoms with Crippen molar-refractivity contribution in [2.75, 3.05) is 12.8 Å². The number of carbonyl (C=O) groups excluding carboxylic acids is 1. The molecule has 4 nitrogen and oxygen atoms in total. The van der Waals surface area contributed by atoms with E-state index in [2.05, 4.69) is 0 Å². The van der Waals surface area contributed by atoms with Gasteiger partial charge in [-0.2, -0.15) is 0 Å². The van der Waals surface area contributed by atoms with Crippen LogP contribution >= 0.6 is 11.8 Å². The molecule has 0 atom stereocenters. The van der Waals surface area contributed by atoms with E-state index in [0.29, 0.717) is 12.3 Å². The molecule has 0 amide bonds. The van der Waals surface area contributed by atoms with Gasteiger partial charge in [0, 0.05) is 16.1 Å². The third kappa shape index (κ3) is 4.37. The molecule has 0 saturated heterocycles. The number of nitrogen functional groups attached to an aromatic ring is 1. The Balaban J connectivity index is 1.87. The van der Waals surface area contributed by atoms with E-state index in [0.717, 1.165) is 39.1 Å². The van der Waals surface area contributed by atoms with Crippen molar-refractivity contribution >= 4 is 22.8 Å². The molecular weight excluding hydrogens is 346 g/mol. The average molecular weight is 365 g/mol. The second kappa shape index (κ2) is 8.45. The van der Waals surface area contributed by atoms with Crippen LogP contribution < -0.4 is 10.5 Å². The number of thioether (sulfide) groups is 1. The van der Waals surface area contributed by atoms with Crippen LogP contribution in [0, 0.1) is 0 Å². The summed E-state index contributed by atoms with van der Waals surface area (Å²) >= 11 is 1.03. The minimum absolute atomic E-state index is 0.368. The van der Waals surface area contributed by atoms with Crippen molar-refractivity contribution in [3.05, 3.63) is 78.4 Å². The van der Waals surface area contributed by atoms with Crippen molar-refractivity contribution in [3.63, 3.8) is 0 Å². The smallest absolute Gasteiger partial charge is 0.371 e. The van der Waals surface area contributed by atoms with Gasteiger partial charge in [0.15, 0.2) is 0 Å². The van der Waals surface area contributed by atoms with Gasteiger partial charge < -0.3 is 15.2 Å². The molecule has 5 heteroatoms. The van der Waals surface area contributed by atoms with Gasteiger partial charge in [-0.05, 0) is 47.2 Å². The Bertz CT molecular complexity index is 897. The number of methoxy groups -OCH3 is 1. The van der Waals surface area contributed by atoms with E-state index in [1.165, 1.54) is 7.11 Å². The lowest BCUT2D eigenvalue weighted by atomic mass is 10.0. The van der Waals surface area contributed by atoms with Crippen LogP contribution in [0.5, 0.6) is 5.75 Å². The molecule has 0 heterocycles. The molecule has 0 spiro atoms. The van der Waals surface area contributed by atoms with Crippen molar-refractivity contribution in [3.8, 4) is 16.9 Å². The normalized spacial score (nSPS) is 10.3. The monoisotopic (exact) mass is 365 g/mol. The summed E-state index contributed by atoms with van der Waals surface area (Å²) < 4.78 is 10.7. The first-order chi connectivity index (χ1) is 12.7. The zero-order valence-corrected chi connectivity index (χ0v) is 15.2. The van der Waals surface area contributed by atoms with Gasteiger partial charge in [-0.25, -0.2) is 4.79 Å². The van der Waals surface area contributed by atoms with Crippen LogP contribution in [0.25, 0.3) is 11.1 Å². The fourth-order valence-corrected chi connectivity index (χ4v) is 3.21. The Morgan fingerprint density at radius 1 is 0.962 bits per heavy atom. The van der Waals surface area contributed by atoms with Gasteiger partial charge in [0.25, 0.3) is 0 Å². The van der Waals surface area contributed by atoms with Crippen molar-refractivity contribution in [2.45, 2.75) is 11.5 Å². The summed E-state index contributed by atoms with van der Waals surface area (Å²) in [5, 5.41) is -0.368. The van der Waals surface area contributed by atoms with E-state index >= 15 is 0 Å². The maximum absolute atomic E-state index is 11.7. The average Bonchev–Trinajstić information content (AvgIpc) is 2.68. The first-order valence-corrected chi connectivity index (χ1v) is 8.90. The number of hydrogen-bond donors (Lipinski definition) is 1. The van der Waals surface area contributed by atoms with Crippen LogP contribution in [0.3, 0.4) is 0 Å². The van der Waals surface area contributed by atoms with Crippen LogP contribution in [0.2, 0.25) is 0 Å². The highest BCUT2D eigenvalue weighted by molar-refractivity contribution is 8.13. The molecular formula is C21H19NO3S. The number of hydrogen-bond acceptors (Lipinski definition) is 5. The van der Waals surface area contributed by atoms with Crippen LogP contribution in [0.15, 0.2) is 77.7 Å². The van der Waals surface area contributed by atoms with Crippen molar-refractivity contribution < 1.29 is 14.3 Å². The summed E-state index contributed by atoms with van der Waals surface area (Å²) in [7, 11) is 1.37. The number of anilines is 1. The zero-order chi connectivity index (χ0) is 18.4. The lowest BCUT2D eigenvalue weighted by Crippen LogP contribution is -1.98. The first kappa shape index (κ1) is 17.9. The molecule has 3 rings (SSSR count). The highest BCUT2D eigenvalue weighted by atomic mass is 32.2. The molecule has 0 aromatic heterocycles. The highest BCUT2D eigenvalue weighted by Crippen LogP contribution is 2.37. The first-order valence-electron chi connectivity index (χ1n) is 8.09. The number of rotatable bonds is 5. The Morgan fingerprint density at radius 3 is 2.46 bits per heavy atom. The second-order valence-electron chi connectivity index (χ2n) is 5.58. The molecule has 0 unspecified atom stereocenters. The van der Waals surface area contributed by atoms with Gasteiger partial charge in [-0.3, -0.25) is 0 Å². The number of carbonyl (C=O) groups is 1. The van der Waals surface area contributed by atoms with E-state index in [1.807, 2.05) is 72.8 Å². The standard InChI is InChI=1S/C21H19NO3S/c1-24-21(23)26-20-10-6-5-9-17(20)18-13-16(11-12-19(18)22)25-14-15-7-3-2-4-8-15/h2-13H,14,22H2,1H3. The van der Waals surface area contributed by atoms with Gasteiger partial charge in [0.05, 0.1) is 7.11 Å². The van der Waals surface area contributed by atoms with E-state index in [9.17, 15) is 4.79 Å². The van der Waals surface area contributed by atoms with E-state index in [4.69, 9.17) is 15.2 Å². The molecule has 2 N–H and O–H groups in total. The van der Waals surface area contributed by atoms with Gasteiger partial charge >= 0.3 is 5.30 Å². The fraction of sp³-hybridized carbons (Fsp3) is 0.0952. The summed E-state index contributed by atoms with van der Waals surface area (Å²) in [6.07, 6.45) is 0. The third-order valence-corrected chi connectivity index (χ3v) is 4.72. The minimum Gasteiger partial charge on any atom is -0.489 e. The van der Waals surface area contributed by atoms with E-state index in [1.54, 1.807) is 0 Å². The molecule has 132 valence electrons. The predicted octanol–water partition coefficient (Wildman–Crippen LogP) is 5.37. The largest absolute Gasteiger partial charge is 0.489 e. The molecule has 0 aliphatic heterocycles. The fourth-order valence-electron chi connectivity index (χ4n) is 2.51. The molecule has 0 saturated carbocycles. The molecule has 3 aromatic rings. The van der Waals surface area contributed by atoms with Crippen LogP contribution in [-0.2, 0) is 11.3 Å². The van der Waals surface area contributed by atoms with Crippen molar-refractivity contribution in [2.24, 2.45) is 0 Å². The maximum atomic E-state index is 11.7. The third-order valence-electron chi connectivity index (χ3n) is 3.81. The predicted molar refractivity (Wildman–Crippen MR) is 105 cm³/mol. The minimum atomic E-state index is -0.368. The summed E-state index contributed by atoms with van der Waals surface area (Å²) in [6, 6.07) is 23.1. The molecule has 0 aliphatic rings. The Kier molecular flexibility index (Phi) is 5.81. The maximum Gasteiger partial charge on any atom is 0.371 e. The molecule has 3 aromatic carbocycles. The lowest BCUT2D eigenvalue weighted by Gasteiger charge is -2.13. The Hall–Kier alpha value is -2.92. The van der Waals surface area contributed by atoms with Crippen LogP contribution in [-0.4, -0.2) is 12.4 Å². The number of ether oxygens (including phenoxy) is 2. The van der Waals surface area contributed by atoms with Crippen molar-refractivity contribution in [1.29, 1.82) is 0 Å². The second-order valence-corrected chi connectivity index (χ2v) is 6.55. The number of nitrogens with two attached hydrogens (primary N) is 1. The van der Waals surface area contributed by atoms with Crippen molar-refractivity contribution in [1.82, 2.24) is 0 Å². The molecule has 0 fully saturated rings. The Morgan fingerprint density at radius 2 is 1.69 bits per heavy atom. The quantitative estimate of drug-likeness (QED) is 0.374. The highest BCUT2D eigenvalue weighted by Gasteiger charge is 2.13. The lowest BCUT2D eigenvalue weighted by molar-refractivity contribution is 0.200. The molecule has 26 heavy (non-hydrogen) atoms.